The molecule has 2 N–H and O–H groups in total. The fourth-order valence-corrected chi connectivity index (χ4v) is 4.77. The molecule has 0 fully saturated rings. The summed E-state index contributed by atoms with van der Waals surface area (Å²) in [5.41, 5.74) is 6.39. The van der Waals surface area contributed by atoms with Gasteiger partial charge >= 0.3 is 7.48 Å². The van der Waals surface area contributed by atoms with E-state index < -0.39 is 11.2 Å². The van der Waals surface area contributed by atoms with Gasteiger partial charge < -0.3 is 14.7 Å². The van der Waals surface area contributed by atoms with E-state index in [0.717, 1.165) is 16.5 Å². The van der Waals surface area contributed by atoms with E-state index in [9.17, 15) is 5.11 Å². The number of nitrogens with one attached hydrogen (secondary N) is 1. The maximum Gasteiger partial charge on any atom is 0.331 e. The highest BCUT2D eigenvalue weighted by Gasteiger charge is 2.36. The van der Waals surface area contributed by atoms with Crippen molar-refractivity contribution in [1.82, 2.24) is 4.98 Å². The zero-order valence-corrected chi connectivity index (χ0v) is 18.8. The summed E-state index contributed by atoms with van der Waals surface area (Å²) in [5, 5.41) is 15.6. The number of benzene rings is 4. The van der Waals surface area contributed by atoms with Crippen molar-refractivity contribution in [3.05, 3.63) is 66.7 Å². The van der Waals surface area contributed by atoms with Crippen molar-refractivity contribution in [1.29, 1.82) is 0 Å². The second kappa shape index (κ2) is 6.47. The van der Waals surface area contributed by atoms with Crippen LogP contribution < -0.4 is 5.46 Å². The largest absolute Gasteiger partial charge is 0.427 e. The van der Waals surface area contributed by atoms with Crippen LogP contribution in [0.15, 0.2) is 66.7 Å². The van der Waals surface area contributed by atoms with Gasteiger partial charge in [0.15, 0.2) is 0 Å². The number of fused-ring (bicyclic) bond motifs is 3. The van der Waals surface area contributed by atoms with E-state index in [1.54, 1.807) is 13.8 Å². The van der Waals surface area contributed by atoms with Crippen LogP contribution in [0.1, 0.15) is 27.7 Å². The van der Waals surface area contributed by atoms with Gasteiger partial charge in [-0.2, -0.15) is 0 Å². The van der Waals surface area contributed by atoms with E-state index in [4.69, 9.17) is 4.65 Å². The fraction of sp³-hybridized carbons (Fsp3) is 0.214. The normalized spacial score (nSPS) is 13.3. The third-order valence-corrected chi connectivity index (χ3v) is 7.24. The molecule has 157 valence electrons. The lowest BCUT2D eigenvalue weighted by molar-refractivity contribution is -0.0893. The molecule has 4 heteroatoms. The number of aromatic amines is 1. The minimum atomic E-state index is -0.983. The van der Waals surface area contributed by atoms with Crippen LogP contribution in [-0.4, -0.2) is 28.8 Å². The molecular weight excluding hydrogens is 393 g/mol. The van der Waals surface area contributed by atoms with Crippen LogP contribution in [0.25, 0.3) is 54.8 Å². The molecular formula is C28H25BNO2. The molecule has 0 amide bonds. The van der Waals surface area contributed by atoms with Gasteiger partial charge in [0.25, 0.3) is 0 Å². The smallest absolute Gasteiger partial charge is 0.331 e. The predicted molar refractivity (Wildman–Crippen MR) is 135 cm³/mol. The molecule has 0 saturated heterocycles. The molecule has 1 radical (unpaired) electrons. The van der Waals surface area contributed by atoms with Crippen LogP contribution in [0.3, 0.4) is 0 Å². The summed E-state index contributed by atoms with van der Waals surface area (Å²) in [6.45, 7) is 7.39. The highest BCUT2D eigenvalue weighted by molar-refractivity contribution is 6.52. The van der Waals surface area contributed by atoms with Crippen LogP contribution in [0, 0.1) is 0 Å². The van der Waals surface area contributed by atoms with Gasteiger partial charge in [-0.05, 0) is 78.3 Å². The second-order valence-electron chi connectivity index (χ2n) is 9.82. The van der Waals surface area contributed by atoms with E-state index in [1.807, 2.05) is 21.3 Å². The summed E-state index contributed by atoms with van der Waals surface area (Å²) in [4.78, 5) is 3.63. The van der Waals surface area contributed by atoms with E-state index in [2.05, 4.69) is 71.7 Å². The Balaban J connectivity index is 1.70. The first kappa shape index (κ1) is 19.6. The zero-order valence-electron chi connectivity index (χ0n) is 18.8. The topological polar surface area (TPSA) is 45.2 Å². The van der Waals surface area contributed by atoms with Gasteiger partial charge in [-0.1, -0.05) is 54.6 Å². The number of H-pyrrole nitrogens is 1. The average Bonchev–Trinajstić information content (AvgIpc) is 3.08. The van der Waals surface area contributed by atoms with Gasteiger partial charge in [0, 0.05) is 21.8 Å². The Hall–Kier alpha value is -3.08. The predicted octanol–water partition coefficient (Wildman–Crippen LogP) is 5.93. The van der Waals surface area contributed by atoms with Crippen molar-refractivity contribution in [2.45, 2.75) is 38.9 Å². The van der Waals surface area contributed by atoms with Crippen molar-refractivity contribution in [2.75, 3.05) is 0 Å². The first-order chi connectivity index (χ1) is 15.3. The van der Waals surface area contributed by atoms with Crippen molar-refractivity contribution in [3.63, 3.8) is 0 Å². The molecule has 1 aliphatic carbocycles. The first-order valence-corrected chi connectivity index (χ1v) is 11.1. The highest BCUT2D eigenvalue weighted by atomic mass is 16.5. The van der Waals surface area contributed by atoms with Crippen LogP contribution in [0.2, 0.25) is 0 Å². The Bertz CT molecular complexity index is 1540. The average molecular weight is 418 g/mol. The van der Waals surface area contributed by atoms with Crippen molar-refractivity contribution in [2.24, 2.45) is 0 Å². The number of rotatable bonds is 4. The Kier molecular flexibility index (Phi) is 3.96. The number of hydrogen-bond acceptors (Lipinski definition) is 2. The summed E-state index contributed by atoms with van der Waals surface area (Å²) < 4.78 is 6.21. The van der Waals surface area contributed by atoms with E-state index in [1.165, 1.54) is 43.8 Å². The fourth-order valence-electron chi connectivity index (χ4n) is 4.77. The Morgan fingerprint density at radius 2 is 1.41 bits per heavy atom. The molecule has 0 spiro atoms. The van der Waals surface area contributed by atoms with Gasteiger partial charge in [-0.25, -0.2) is 0 Å². The minimum absolute atomic E-state index is 0.741. The van der Waals surface area contributed by atoms with Crippen LogP contribution >= 0.6 is 0 Å². The quantitative estimate of drug-likeness (QED) is 0.349. The summed E-state index contributed by atoms with van der Waals surface area (Å²) >= 11 is 0. The summed E-state index contributed by atoms with van der Waals surface area (Å²) in [6.07, 6.45) is 0. The number of aromatic nitrogens is 1. The molecule has 0 saturated carbocycles. The zero-order chi connectivity index (χ0) is 22.3. The SMILES string of the molecule is CC(C)(O)C(C)(C)O[B]c1ccc2[nH]c3ccc4cccc5c4c3c2c1-c1ccccc1-5. The molecule has 5 aromatic rings. The maximum atomic E-state index is 10.6. The Morgan fingerprint density at radius 1 is 0.719 bits per heavy atom. The Morgan fingerprint density at radius 3 is 2.19 bits per heavy atom. The monoisotopic (exact) mass is 418 g/mol. The van der Waals surface area contributed by atoms with E-state index in [-0.39, 0.29) is 0 Å². The van der Waals surface area contributed by atoms with Crippen molar-refractivity contribution in [3.8, 4) is 22.3 Å². The molecule has 1 aliphatic rings. The summed E-state index contributed by atoms with van der Waals surface area (Å²) in [5.74, 6) is 0. The van der Waals surface area contributed by atoms with Gasteiger partial charge in [0.05, 0.1) is 11.2 Å². The molecule has 1 aromatic heterocycles. The molecule has 0 unspecified atom stereocenters. The van der Waals surface area contributed by atoms with Gasteiger partial charge in [0.2, 0.25) is 0 Å². The van der Waals surface area contributed by atoms with Gasteiger partial charge in [-0.15, -0.1) is 0 Å². The van der Waals surface area contributed by atoms with Gasteiger partial charge in [0.1, 0.15) is 0 Å². The van der Waals surface area contributed by atoms with Crippen molar-refractivity contribution >= 4 is 45.5 Å². The first-order valence-electron chi connectivity index (χ1n) is 11.1. The standard InChI is InChI=1S/C28H25BNO2/c1-27(2,31)28(3,4)32-29-20-13-15-22-26-24(20)19-10-6-5-9-17(19)18-11-7-8-16-12-14-21(30-22)25(26)23(16)18/h5-15,30-31H,1-4H3. The van der Waals surface area contributed by atoms with Crippen LogP contribution in [-0.2, 0) is 4.65 Å². The summed E-state index contributed by atoms with van der Waals surface area (Å²) in [7, 11) is 1.82. The second-order valence-corrected chi connectivity index (χ2v) is 9.82. The highest BCUT2D eigenvalue weighted by Crippen LogP contribution is 2.47. The molecule has 0 aliphatic heterocycles. The van der Waals surface area contributed by atoms with Crippen LogP contribution in [0.4, 0.5) is 0 Å². The number of hydrogen-bond donors (Lipinski definition) is 2. The van der Waals surface area contributed by atoms with E-state index >= 15 is 0 Å². The third-order valence-electron chi connectivity index (χ3n) is 7.24. The maximum absolute atomic E-state index is 10.6. The third kappa shape index (κ3) is 2.63. The lowest BCUT2D eigenvalue weighted by atomic mass is 9.77. The molecule has 3 nitrogen and oxygen atoms in total. The molecule has 4 aromatic carbocycles. The van der Waals surface area contributed by atoms with Gasteiger partial charge in [-0.3, -0.25) is 0 Å². The molecule has 32 heavy (non-hydrogen) atoms. The number of aliphatic hydroxyl groups is 1. The van der Waals surface area contributed by atoms with Crippen molar-refractivity contribution < 1.29 is 9.76 Å². The molecule has 6 rings (SSSR count). The molecule has 1 heterocycles. The summed E-state index contributed by atoms with van der Waals surface area (Å²) in [6, 6.07) is 23.8. The molecule has 0 atom stereocenters. The van der Waals surface area contributed by atoms with E-state index in [0.29, 0.717) is 0 Å². The lowest BCUT2D eigenvalue weighted by Gasteiger charge is -2.37. The molecule has 0 bridgehead atoms. The minimum Gasteiger partial charge on any atom is -0.427 e. The van der Waals surface area contributed by atoms with Crippen LogP contribution in [0.5, 0.6) is 0 Å². The Labute approximate surface area is 188 Å². The lowest BCUT2D eigenvalue weighted by Crippen LogP contribution is -2.49.